The lowest BCUT2D eigenvalue weighted by Gasteiger charge is -2.33. The van der Waals surface area contributed by atoms with Gasteiger partial charge in [-0.05, 0) is 50.9 Å². The van der Waals surface area contributed by atoms with E-state index in [4.69, 9.17) is 10.00 Å². The number of ether oxygens (including phenoxy) is 1. The van der Waals surface area contributed by atoms with Crippen molar-refractivity contribution in [1.82, 2.24) is 4.90 Å². The molecule has 0 radical (unpaired) electrons. The lowest BCUT2D eigenvalue weighted by Crippen LogP contribution is -2.38. The summed E-state index contributed by atoms with van der Waals surface area (Å²) in [7, 11) is 0. The van der Waals surface area contributed by atoms with Crippen LogP contribution < -0.4 is 4.74 Å². The number of benzene rings is 1. The number of likely N-dealkylation sites (tertiary alicyclic amines) is 1. The van der Waals surface area contributed by atoms with E-state index in [1.54, 1.807) is 12.1 Å². The molecule has 1 aromatic rings. The molecule has 1 aliphatic heterocycles. The van der Waals surface area contributed by atoms with Gasteiger partial charge in [0.25, 0.3) is 0 Å². The van der Waals surface area contributed by atoms with Crippen LogP contribution in [0.2, 0.25) is 0 Å². The molecule has 1 saturated heterocycles. The maximum Gasteiger partial charge on any atom is 0.120 e. The van der Waals surface area contributed by atoms with E-state index in [-0.39, 0.29) is 0 Å². The molecule has 3 heteroatoms. The summed E-state index contributed by atoms with van der Waals surface area (Å²) in [5.41, 5.74) is 0.655. The summed E-state index contributed by atoms with van der Waals surface area (Å²) >= 11 is 0. The number of nitriles is 1. The third-order valence-corrected chi connectivity index (χ3v) is 3.76. The van der Waals surface area contributed by atoms with Crippen molar-refractivity contribution in [3.05, 3.63) is 29.8 Å². The largest absolute Gasteiger partial charge is 0.494 e. The van der Waals surface area contributed by atoms with Gasteiger partial charge in [0.1, 0.15) is 5.75 Å². The Bertz CT molecular complexity index is 439. The highest BCUT2D eigenvalue weighted by Crippen LogP contribution is 2.17. The van der Waals surface area contributed by atoms with Crippen LogP contribution in [0, 0.1) is 11.3 Å². The van der Waals surface area contributed by atoms with Crippen LogP contribution in [0.3, 0.4) is 0 Å². The van der Waals surface area contributed by atoms with Crippen molar-refractivity contribution in [2.45, 2.75) is 38.6 Å². The maximum atomic E-state index is 8.82. The number of hydrogen-bond acceptors (Lipinski definition) is 3. The van der Waals surface area contributed by atoms with Crippen LogP contribution in [0.4, 0.5) is 0 Å². The Hall–Kier alpha value is -1.53. The van der Waals surface area contributed by atoms with Gasteiger partial charge in [0.2, 0.25) is 0 Å². The van der Waals surface area contributed by atoms with Gasteiger partial charge in [-0.2, -0.15) is 5.26 Å². The average Bonchev–Trinajstić information content (AvgIpc) is 2.45. The molecule has 1 aromatic carbocycles. The average molecular weight is 258 g/mol. The Morgan fingerprint density at radius 2 is 2.32 bits per heavy atom. The molecule has 2 rings (SSSR count). The SMILES string of the molecule is CC1CCCCN1CCCOc1cccc(C#N)c1. The highest BCUT2D eigenvalue weighted by molar-refractivity contribution is 5.36. The smallest absolute Gasteiger partial charge is 0.120 e. The van der Waals surface area contributed by atoms with Crippen molar-refractivity contribution in [2.75, 3.05) is 19.7 Å². The summed E-state index contributed by atoms with van der Waals surface area (Å²) in [6.45, 7) is 5.37. The van der Waals surface area contributed by atoms with E-state index in [9.17, 15) is 0 Å². The molecule has 19 heavy (non-hydrogen) atoms. The van der Waals surface area contributed by atoms with Crippen LogP contribution in [0.25, 0.3) is 0 Å². The first-order chi connectivity index (χ1) is 9.29. The highest BCUT2D eigenvalue weighted by Gasteiger charge is 2.17. The molecule has 0 amide bonds. The number of rotatable bonds is 5. The minimum absolute atomic E-state index is 0.655. The van der Waals surface area contributed by atoms with Crippen molar-refractivity contribution in [3.63, 3.8) is 0 Å². The lowest BCUT2D eigenvalue weighted by atomic mass is 10.0. The van der Waals surface area contributed by atoms with Crippen LogP contribution in [0.5, 0.6) is 5.75 Å². The minimum Gasteiger partial charge on any atom is -0.494 e. The molecule has 1 heterocycles. The summed E-state index contributed by atoms with van der Waals surface area (Å²) in [5.74, 6) is 0.797. The third-order valence-electron chi connectivity index (χ3n) is 3.76. The molecular weight excluding hydrogens is 236 g/mol. The topological polar surface area (TPSA) is 36.3 Å². The summed E-state index contributed by atoms with van der Waals surface area (Å²) in [6, 6.07) is 10.2. The van der Waals surface area contributed by atoms with Crippen LogP contribution >= 0.6 is 0 Å². The van der Waals surface area contributed by atoms with Gasteiger partial charge in [0.05, 0.1) is 18.2 Å². The second kappa shape index (κ2) is 7.16. The molecule has 3 nitrogen and oxygen atoms in total. The van der Waals surface area contributed by atoms with Gasteiger partial charge in [-0.3, -0.25) is 0 Å². The summed E-state index contributed by atoms with van der Waals surface area (Å²) in [5, 5.41) is 8.82. The number of piperidine rings is 1. The molecule has 0 aliphatic carbocycles. The normalized spacial score (nSPS) is 19.9. The fraction of sp³-hybridized carbons (Fsp3) is 0.562. The van der Waals surface area contributed by atoms with Crippen LogP contribution in [0.15, 0.2) is 24.3 Å². The predicted octanol–water partition coefficient (Wildman–Crippen LogP) is 3.20. The molecule has 0 spiro atoms. The Labute approximate surface area is 115 Å². The second-order valence-corrected chi connectivity index (χ2v) is 5.22. The van der Waals surface area contributed by atoms with E-state index >= 15 is 0 Å². The van der Waals surface area contributed by atoms with E-state index in [0.717, 1.165) is 31.4 Å². The Kier molecular flexibility index (Phi) is 5.23. The van der Waals surface area contributed by atoms with Gasteiger partial charge in [0.15, 0.2) is 0 Å². The van der Waals surface area contributed by atoms with Gasteiger partial charge in [0, 0.05) is 12.6 Å². The van der Waals surface area contributed by atoms with Crippen LogP contribution in [-0.4, -0.2) is 30.6 Å². The van der Waals surface area contributed by atoms with E-state index in [0.29, 0.717) is 5.56 Å². The van der Waals surface area contributed by atoms with Crippen molar-refractivity contribution >= 4 is 0 Å². The van der Waals surface area contributed by atoms with Crippen molar-refractivity contribution in [3.8, 4) is 11.8 Å². The highest BCUT2D eigenvalue weighted by atomic mass is 16.5. The molecule has 1 unspecified atom stereocenters. The van der Waals surface area contributed by atoms with Crippen molar-refractivity contribution in [1.29, 1.82) is 5.26 Å². The van der Waals surface area contributed by atoms with Gasteiger partial charge < -0.3 is 9.64 Å². The minimum atomic E-state index is 0.655. The summed E-state index contributed by atoms with van der Waals surface area (Å²) < 4.78 is 5.70. The molecule has 102 valence electrons. The number of nitrogens with zero attached hydrogens (tertiary/aromatic N) is 2. The van der Waals surface area contributed by atoms with Crippen molar-refractivity contribution < 1.29 is 4.74 Å². The Morgan fingerprint density at radius 1 is 1.42 bits per heavy atom. The molecular formula is C16H22N2O. The Balaban J connectivity index is 1.70. The monoisotopic (exact) mass is 258 g/mol. The first-order valence-electron chi connectivity index (χ1n) is 7.16. The fourth-order valence-corrected chi connectivity index (χ4v) is 2.60. The van der Waals surface area contributed by atoms with Gasteiger partial charge in [-0.1, -0.05) is 12.5 Å². The molecule has 0 bridgehead atoms. The summed E-state index contributed by atoms with van der Waals surface area (Å²) in [4.78, 5) is 2.55. The van der Waals surface area contributed by atoms with E-state index in [1.807, 2.05) is 12.1 Å². The lowest BCUT2D eigenvalue weighted by molar-refractivity contribution is 0.148. The van der Waals surface area contributed by atoms with E-state index < -0.39 is 0 Å². The predicted molar refractivity (Wildman–Crippen MR) is 76.2 cm³/mol. The quantitative estimate of drug-likeness (QED) is 0.761. The van der Waals surface area contributed by atoms with Gasteiger partial charge in [-0.15, -0.1) is 0 Å². The van der Waals surface area contributed by atoms with Crippen LogP contribution in [0.1, 0.15) is 38.2 Å². The Morgan fingerprint density at radius 3 is 3.11 bits per heavy atom. The molecule has 0 aromatic heterocycles. The summed E-state index contributed by atoms with van der Waals surface area (Å²) in [6.07, 6.45) is 5.07. The van der Waals surface area contributed by atoms with E-state index in [2.05, 4.69) is 17.9 Å². The van der Waals surface area contributed by atoms with Gasteiger partial charge in [-0.25, -0.2) is 0 Å². The first kappa shape index (κ1) is 13.9. The zero-order valence-electron chi connectivity index (χ0n) is 11.6. The molecule has 0 N–H and O–H groups in total. The van der Waals surface area contributed by atoms with Gasteiger partial charge >= 0.3 is 0 Å². The fourth-order valence-electron chi connectivity index (χ4n) is 2.60. The molecule has 1 aliphatic rings. The van der Waals surface area contributed by atoms with Crippen molar-refractivity contribution in [2.24, 2.45) is 0 Å². The standard InChI is InChI=1S/C16H22N2O/c1-14-6-2-3-9-18(14)10-5-11-19-16-8-4-7-15(12-16)13-17/h4,7-8,12,14H,2-3,5-6,9-11H2,1H3. The number of hydrogen-bond donors (Lipinski definition) is 0. The second-order valence-electron chi connectivity index (χ2n) is 5.22. The first-order valence-corrected chi connectivity index (χ1v) is 7.16. The van der Waals surface area contributed by atoms with Crippen LogP contribution in [-0.2, 0) is 0 Å². The molecule has 1 atom stereocenters. The molecule has 1 fully saturated rings. The zero-order valence-corrected chi connectivity index (χ0v) is 11.6. The van der Waals surface area contributed by atoms with E-state index in [1.165, 1.54) is 25.8 Å². The maximum absolute atomic E-state index is 8.82. The third kappa shape index (κ3) is 4.25. The zero-order chi connectivity index (χ0) is 13.5. The molecule has 0 saturated carbocycles.